The van der Waals surface area contributed by atoms with Crippen LogP contribution in [0.2, 0.25) is 0 Å². The van der Waals surface area contributed by atoms with Crippen LogP contribution in [0, 0.1) is 0 Å². The van der Waals surface area contributed by atoms with Crippen LogP contribution < -0.4 is 5.73 Å². The first-order chi connectivity index (χ1) is 10.2. The van der Waals surface area contributed by atoms with Gasteiger partial charge in [-0.15, -0.1) is 0 Å². The first kappa shape index (κ1) is 13.8. The van der Waals surface area contributed by atoms with Gasteiger partial charge < -0.3 is 5.73 Å². The van der Waals surface area contributed by atoms with Crippen molar-refractivity contribution in [2.45, 2.75) is 37.5 Å². The Hall–Kier alpha value is -2.16. The summed E-state index contributed by atoms with van der Waals surface area (Å²) in [5.74, 6) is 0.775. The van der Waals surface area contributed by atoms with Crippen LogP contribution in [0.25, 0.3) is 0 Å². The zero-order valence-corrected chi connectivity index (χ0v) is 12.1. The molecule has 0 spiro atoms. The second-order valence-electron chi connectivity index (χ2n) is 5.84. The van der Waals surface area contributed by atoms with E-state index in [1.54, 1.807) is 12.3 Å². The van der Waals surface area contributed by atoms with Crippen LogP contribution >= 0.6 is 0 Å². The third-order valence-corrected chi connectivity index (χ3v) is 4.53. The fourth-order valence-electron chi connectivity index (χ4n) is 3.42. The van der Waals surface area contributed by atoms with E-state index in [4.69, 9.17) is 5.73 Å². The predicted molar refractivity (Wildman–Crippen MR) is 83.9 cm³/mol. The molecule has 1 aromatic heterocycles. The predicted octanol–water partition coefficient (Wildman–Crippen LogP) is 3.29. The van der Waals surface area contributed by atoms with Gasteiger partial charge in [0.15, 0.2) is 0 Å². The van der Waals surface area contributed by atoms with E-state index >= 15 is 0 Å². The van der Waals surface area contributed by atoms with Crippen molar-refractivity contribution in [3.8, 4) is 0 Å². The van der Waals surface area contributed by atoms with Crippen molar-refractivity contribution in [2.24, 2.45) is 0 Å². The molecular weight excluding hydrogens is 260 g/mol. The normalized spacial score (nSPS) is 16.8. The largest absolute Gasteiger partial charge is 0.384 e. The summed E-state index contributed by atoms with van der Waals surface area (Å²) < 4.78 is 0. The zero-order chi connectivity index (χ0) is 14.7. The zero-order valence-electron chi connectivity index (χ0n) is 12.1. The summed E-state index contributed by atoms with van der Waals surface area (Å²) in [7, 11) is 0. The first-order valence-electron chi connectivity index (χ1n) is 7.50. The van der Waals surface area contributed by atoms with Crippen LogP contribution in [-0.4, -0.2) is 10.8 Å². The molecule has 0 saturated heterocycles. The molecule has 0 bridgehead atoms. The van der Waals surface area contributed by atoms with Crippen LogP contribution in [0.15, 0.2) is 48.7 Å². The molecule has 0 aliphatic heterocycles. The molecule has 1 saturated carbocycles. The number of hydrogen-bond acceptors (Lipinski definition) is 3. The molecule has 2 N–H and O–H groups in total. The number of nitrogens with zero attached hydrogens (tertiary/aromatic N) is 1. The standard InChI is InChI=1S/C18H20N2O/c19-17-13-14(8-11-20-17)12-16(21)18(9-4-5-10-18)15-6-2-1-3-7-15/h1-3,6-8,11,13H,4-5,9-10,12H2,(H2,19,20). The SMILES string of the molecule is Nc1cc(CC(=O)C2(c3ccccc3)CCCC2)ccn1. The summed E-state index contributed by atoms with van der Waals surface area (Å²) >= 11 is 0. The monoisotopic (exact) mass is 280 g/mol. The Morgan fingerprint density at radius 1 is 1.14 bits per heavy atom. The highest BCUT2D eigenvalue weighted by atomic mass is 16.1. The molecule has 0 unspecified atom stereocenters. The smallest absolute Gasteiger partial charge is 0.147 e. The third-order valence-electron chi connectivity index (χ3n) is 4.53. The van der Waals surface area contributed by atoms with Gasteiger partial charge >= 0.3 is 0 Å². The number of carbonyl (C=O) groups is 1. The number of benzene rings is 1. The summed E-state index contributed by atoms with van der Waals surface area (Å²) in [5.41, 5.74) is 7.52. The molecule has 1 aliphatic carbocycles. The van der Waals surface area contributed by atoms with Crippen LogP contribution in [0.5, 0.6) is 0 Å². The quantitative estimate of drug-likeness (QED) is 0.935. The number of aromatic nitrogens is 1. The van der Waals surface area contributed by atoms with Gasteiger partial charge in [0.2, 0.25) is 0 Å². The van der Waals surface area contributed by atoms with E-state index in [0.717, 1.165) is 36.8 Å². The number of anilines is 1. The molecule has 0 radical (unpaired) electrons. The second-order valence-corrected chi connectivity index (χ2v) is 5.84. The lowest BCUT2D eigenvalue weighted by molar-refractivity contribution is -0.123. The minimum absolute atomic E-state index is 0.303. The van der Waals surface area contributed by atoms with Gasteiger partial charge in [0.05, 0.1) is 5.41 Å². The highest BCUT2D eigenvalue weighted by Gasteiger charge is 2.41. The molecule has 3 rings (SSSR count). The molecule has 21 heavy (non-hydrogen) atoms. The van der Waals surface area contributed by atoms with Crippen molar-refractivity contribution in [2.75, 3.05) is 5.73 Å². The first-order valence-corrected chi connectivity index (χ1v) is 7.50. The lowest BCUT2D eigenvalue weighted by Crippen LogP contribution is -2.34. The fourth-order valence-corrected chi connectivity index (χ4v) is 3.42. The maximum atomic E-state index is 13.0. The van der Waals surface area contributed by atoms with Crippen LogP contribution in [0.4, 0.5) is 5.82 Å². The van der Waals surface area contributed by atoms with Gasteiger partial charge in [-0.05, 0) is 36.1 Å². The van der Waals surface area contributed by atoms with Crippen LogP contribution in [-0.2, 0) is 16.6 Å². The highest BCUT2D eigenvalue weighted by Crippen LogP contribution is 2.42. The van der Waals surface area contributed by atoms with E-state index in [1.807, 2.05) is 24.3 Å². The van der Waals surface area contributed by atoms with Gasteiger partial charge in [0, 0.05) is 12.6 Å². The van der Waals surface area contributed by atoms with E-state index < -0.39 is 0 Å². The maximum Gasteiger partial charge on any atom is 0.147 e. The molecule has 2 aromatic rings. The molecule has 0 atom stereocenters. The molecule has 3 heteroatoms. The fraction of sp³-hybridized carbons (Fsp3) is 0.333. The number of nitrogens with two attached hydrogens (primary N) is 1. The molecule has 1 heterocycles. The Labute approximate surface area is 125 Å². The van der Waals surface area contributed by atoms with Crippen LogP contribution in [0.1, 0.15) is 36.8 Å². The van der Waals surface area contributed by atoms with E-state index in [-0.39, 0.29) is 5.41 Å². The summed E-state index contributed by atoms with van der Waals surface area (Å²) in [5, 5.41) is 0. The summed E-state index contributed by atoms with van der Waals surface area (Å²) in [4.78, 5) is 17.0. The highest BCUT2D eigenvalue weighted by molar-refractivity contribution is 5.92. The van der Waals surface area contributed by atoms with Gasteiger partial charge in [-0.1, -0.05) is 43.2 Å². The number of pyridine rings is 1. The van der Waals surface area contributed by atoms with Crippen molar-refractivity contribution in [1.29, 1.82) is 0 Å². The molecular formula is C18H20N2O. The molecule has 1 fully saturated rings. The lowest BCUT2D eigenvalue weighted by Gasteiger charge is -2.28. The Bertz CT molecular complexity index is 631. The third kappa shape index (κ3) is 2.68. The van der Waals surface area contributed by atoms with E-state index in [9.17, 15) is 4.79 Å². The van der Waals surface area contributed by atoms with Gasteiger partial charge in [-0.25, -0.2) is 4.98 Å². The van der Waals surface area contributed by atoms with E-state index in [0.29, 0.717) is 18.0 Å². The summed E-state index contributed by atoms with van der Waals surface area (Å²) in [6.07, 6.45) is 6.26. The number of Topliss-reactive ketones (excluding diaryl/α,β-unsaturated/α-hetero) is 1. The summed E-state index contributed by atoms with van der Waals surface area (Å²) in [6.45, 7) is 0. The van der Waals surface area contributed by atoms with Gasteiger partial charge in [0.1, 0.15) is 11.6 Å². The van der Waals surface area contributed by atoms with Crippen LogP contribution in [0.3, 0.4) is 0 Å². The lowest BCUT2D eigenvalue weighted by atomic mass is 9.73. The van der Waals surface area contributed by atoms with Crippen molar-refractivity contribution in [3.63, 3.8) is 0 Å². The number of rotatable bonds is 4. The second kappa shape index (κ2) is 5.68. The molecule has 0 amide bonds. The van der Waals surface area contributed by atoms with Gasteiger partial charge in [-0.2, -0.15) is 0 Å². The number of nitrogen functional groups attached to an aromatic ring is 1. The summed E-state index contributed by atoms with van der Waals surface area (Å²) in [6, 6.07) is 13.9. The average molecular weight is 280 g/mol. The average Bonchev–Trinajstić information content (AvgIpc) is 2.99. The number of ketones is 1. The number of carbonyl (C=O) groups excluding carboxylic acids is 1. The van der Waals surface area contributed by atoms with Crippen molar-refractivity contribution >= 4 is 11.6 Å². The van der Waals surface area contributed by atoms with Crippen molar-refractivity contribution < 1.29 is 4.79 Å². The number of hydrogen-bond donors (Lipinski definition) is 1. The maximum absolute atomic E-state index is 13.0. The molecule has 1 aromatic carbocycles. The Balaban J connectivity index is 1.89. The van der Waals surface area contributed by atoms with Crippen molar-refractivity contribution in [1.82, 2.24) is 4.98 Å². The minimum Gasteiger partial charge on any atom is -0.384 e. The minimum atomic E-state index is -0.306. The molecule has 108 valence electrons. The Morgan fingerprint density at radius 3 is 2.52 bits per heavy atom. The Kier molecular flexibility index (Phi) is 3.74. The van der Waals surface area contributed by atoms with E-state index in [2.05, 4.69) is 17.1 Å². The Morgan fingerprint density at radius 2 is 1.86 bits per heavy atom. The van der Waals surface area contributed by atoms with Crippen molar-refractivity contribution in [3.05, 3.63) is 59.8 Å². The van der Waals surface area contributed by atoms with E-state index in [1.165, 1.54) is 0 Å². The topological polar surface area (TPSA) is 56.0 Å². The van der Waals surface area contributed by atoms with Gasteiger partial charge in [-0.3, -0.25) is 4.79 Å². The van der Waals surface area contributed by atoms with Gasteiger partial charge in [0.25, 0.3) is 0 Å². The molecule has 3 nitrogen and oxygen atoms in total. The molecule has 1 aliphatic rings.